The molecule has 1 saturated heterocycles. The Balaban J connectivity index is 2.00. The van der Waals surface area contributed by atoms with Crippen LogP contribution in [-0.4, -0.2) is 23.6 Å². The van der Waals surface area contributed by atoms with Crippen molar-refractivity contribution in [1.82, 2.24) is 4.57 Å². The Morgan fingerprint density at radius 3 is 3.06 bits per heavy atom. The fourth-order valence-electron chi connectivity index (χ4n) is 2.53. The summed E-state index contributed by atoms with van der Waals surface area (Å²) < 4.78 is 7.77. The van der Waals surface area contributed by atoms with Gasteiger partial charge in [-0.1, -0.05) is 18.2 Å². The van der Waals surface area contributed by atoms with Crippen molar-refractivity contribution in [2.24, 2.45) is 0 Å². The first-order valence-electron chi connectivity index (χ1n) is 6.03. The highest BCUT2D eigenvalue weighted by Gasteiger charge is 2.17. The molecule has 17 heavy (non-hydrogen) atoms. The van der Waals surface area contributed by atoms with Crippen LogP contribution in [0, 0.1) is 0 Å². The molecule has 3 nitrogen and oxygen atoms in total. The van der Waals surface area contributed by atoms with E-state index in [4.69, 9.17) is 4.74 Å². The van der Waals surface area contributed by atoms with E-state index in [-0.39, 0.29) is 0 Å². The van der Waals surface area contributed by atoms with Gasteiger partial charge in [0.05, 0.1) is 6.10 Å². The van der Waals surface area contributed by atoms with E-state index in [9.17, 15) is 4.79 Å². The summed E-state index contributed by atoms with van der Waals surface area (Å²) in [5.41, 5.74) is 1.88. The first-order valence-corrected chi connectivity index (χ1v) is 6.03. The second kappa shape index (κ2) is 4.34. The molecule has 88 valence electrons. The van der Waals surface area contributed by atoms with E-state index in [0.717, 1.165) is 48.7 Å². The normalized spacial score (nSPS) is 19.9. The van der Waals surface area contributed by atoms with Gasteiger partial charge in [-0.05, 0) is 18.9 Å². The SMILES string of the molecule is O=Cc1cn(CC2CCCO2)c2ccccc12. The molecule has 2 aromatic rings. The molecule has 0 N–H and O–H groups in total. The highest BCUT2D eigenvalue weighted by atomic mass is 16.5. The second-order valence-electron chi connectivity index (χ2n) is 4.51. The van der Waals surface area contributed by atoms with Crippen LogP contribution in [0.15, 0.2) is 30.5 Å². The molecule has 0 spiro atoms. The van der Waals surface area contributed by atoms with Gasteiger partial charge in [0.2, 0.25) is 0 Å². The molecule has 0 radical (unpaired) electrons. The molecule has 0 aliphatic carbocycles. The molecule has 1 aromatic heterocycles. The van der Waals surface area contributed by atoms with Crippen LogP contribution in [0.4, 0.5) is 0 Å². The van der Waals surface area contributed by atoms with Crippen molar-refractivity contribution in [1.29, 1.82) is 0 Å². The van der Waals surface area contributed by atoms with Crippen molar-refractivity contribution in [2.75, 3.05) is 6.61 Å². The van der Waals surface area contributed by atoms with Crippen molar-refractivity contribution >= 4 is 17.2 Å². The van der Waals surface area contributed by atoms with E-state index in [2.05, 4.69) is 10.6 Å². The minimum absolute atomic E-state index is 0.297. The van der Waals surface area contributed by atoms with E-state index in [0.29, 0.717) is 6.10 Å². The Labute approximate surface area is 100.0 Å². The summed E-state index contributed by atoms with van der Waals surface area (Å²) in [4.78, 5) is 11.0. The lowest BCUT2D eigenvalue weighted by Gasteiger charge is -2.11. The van der Waals surface area contributed by atoms with Crippen molar-refractivity contribution in [2.45, 2.75) is 25.5 Å². The van der Waals surface area contributed by atoms with Gasteiger partial charge in [0.15, 0.2) is 6.29 Å². The van der Waals surface area contributed by atoms with Crippen LogP contribution in [0.1, 0.15) is 23.2 Å². The molecular weight excluding hydrogens is 214 g/mol. The van der Waals surface area contributed by atoms with Crippen LogP contribution >= 0.6 is 0 Å². The highest BCUT2D eigenvalue weighted by Crippen LogP contribution is 2.22. The summed E-state index contributed by atoms with van der Waals surface area (Å²) in [5.74, 6) is 0. The molecule has 1 aromatic carbocycles. The lowest BCUT2D eigenvalue weighted by atomic mass is 10.2. The molecule has 0 bridgehead atoms. The number of rotatable bonds is 3. The number of ether oxygens (including phenoxy) is 1. The minimum Gasteiger partial charge on any atom is -0.376 e. The maximum atomic E-state index is 11.0. The molecular formula is C14H15NO2. The summed E-state index contributed by atoms with van der Waals surface area (Å²) in [5, 5.41) is 1.03. The quantitative estimate of drug-likeness (QED) is 0.758. The van der Waals surface area contributed by atoms with Gasteiger partial charge in [-0.15, -0.1) is 0 Å². The van der Waals surface area contributed by atoms with Gasteiger partial charge in [0.25, 0.3) is 0 Å². The Bertz CT molecular complexity index is 538. The number of hydrogen-bond acceptors (Lipinski definition) is 2. The van der Waals surface area contributed by atoms with E-state index in [1.165, 1.54) is 0 Å². The number of aromatic nitrogens is 1. The third-order valence-electron chi connectivity index (χ3n) is 3.37. The van der Waals surface area contributed by atoms with E-state index in [1.807, 2.05) is 24.4 Å². The van der Waals surface area contributed by atoms with Crippen LogP contribution in [0.3, 0.4) is 0 Å². The average Bonchev–Trinajstić information content (AvgIpc) is 2.98. The molecule has 1 unspecified atom stereocenters. The predicted octanol–water partition coefficient (Wildman–Crippen LogP) is 2.63. The van der Waals surface area contributed by atoms with Gasteiger partial charge in [-0.2, -0.15) is 0 Å². The lowest BCUT2D eigenvalue weighted by molar-refractivity contribution is 0.0978. The molecule has 3 rings (SSSR count). The number of carbonyl (C=O) groups excluding carboxylic acids is 1. The Hall–Kier alpha value is -1.61. The number of benzene rings is 1. The van der Waals surface area contributed by atoms with E-state index < -0.39 is 0 Å². The molecule has 1 aliphatic rings. The number of para-hydroxylation sites is 1. The topological polar surface area (TPSA) is 31.2 Å². The van der Waals surface area contributed by atoms with Gasteiger partial charge in [-0.25, -0.2) is 0 Å². The summed E-state index contributed by atoms with van der Waals surface area (Å²) in [6.45, 7) is 1.71. The van der Waals surface area contributed by atoms with Crippen molar-refractivity contribution in [3.05, 3.63) is 36.0 Å². The van der Waals surface area contributed by atoms with Gasteiger partial charge < -0.3 is 9.30 Å². The van der Waals surface area contributed by atoms with Crippen LogP contribution in [0.25, 0.3) is 10.9 Å². The number of carbonyl (C=O) groups is 1. The molecule has 0 saturated carbocycles. The zero-order chi connectivity index (χ0) is 11.7. The summed E-state index contributed by atoms with van der Waals surface area (Å²) in [6.07, 6.45) is 5.41. The molecule has 3 heteroatoms. The zero-order valence-corrected chi connectivity index (χ0v) is 9.63. The minimum atomic E-state index is 0.297. The summed E-state index contributed by atoms with van der Waals surface area (Å²) in [7, 11) is 0. The Morgan fingerprint density at radius 2 is 2.29 bits per heavy atom. The first kappa shape index (κ1) is 10.5. The zero-order valence-electron chi connectivity index (χ0n) is 9.63. The monoisotopic (exact) mass is 229 g/mol. The largest absolute Gasteiger partial charge is 0.376 e. The average molecular weight is 229 g/mol. The van der Waals surface area contributed by atoms with Crippen LogP contribution in [0.5, 0.6) is 0 Å². The third-order valence-corrected chi connectivity index (χ3v) is 3.37. The predicted molar refractivity (Wildman–Crippen MR) is 66.3 cm³/mol. The first-order chi connectivity index (χ1) is 8.38. The fraction of sp³-hybridized carbons (Fsp3) is 0.357. The second-order valence-corrected chi connectivity index (χ2v) is 4.51. The molecule has 1 atom stereocenters. The maximum absolute atomic E-state index is 11.0. The van der Waals surface area contributed by atoms with Crippen LogP contribution < -0.4 is 0 Å². The van der Waals surface area contributed by atoms with Crippen molar-refractivity contribution in [3.63, 3.8) is 0 Å². The number of aldehydes is 1. The van der Waals surface area contributed by atoms with Crippen LogP contribution in [0.2, 0.25) is 0 Å². The smallest absolute Gasteiger partial charge is 0.152 e. The van der Waals surface area contributed by atoms with Crippen molar-refractivity contribution in [3.8, 4) is 0 Å². The summed E-state index contributed by atoms with van der Waals surface area (Å²) in [6, 6.07) is 8.01. The van der Waals surface area contributed by atoms with E-state index >= 15 is 0 Å². The summed E-state index contributed by atoms with van der Waals surface area (Å²) >= 11 is 0. The molecule has 1 fully saturated rings. The number of fused-ring (bicyclic) bond motifs is 1. The van der Waals surface area contributed by atoms with Gasteiger partial charge in [-0.3, -0.25) is 4.79 Å². The lowest BCUT2D eigenvalue weighted by Crippen LogP contribution is -2.13. The Morgan fingerprint density at radius 1 is 1.41 bits per heavy atom. The maximum Gasteiger partial charge on any atom is 0.152 e. The van der Waals surface area contributed by atoms with Gasteiger partial charge in [0, 0.05) is 35.8 Å². The standard InChI is InChI=1S/C14H15NO2/c16-10-11-8-15(9-12-4-3-7-17-12)14-6-2-1-5-13(11)14/h1-2,5-6,8,10,12H,3-4,7,9H2. The number of nitrogens with zero attached hydrogens (tertiary/aromatic N) is 1. The number of hydrogen-bond donors (Lipinski definition) is 0. The fourth-order valence-corrected chi connectivity index (χ4v) is 2.53. The molecule has 2 heterocycles. The molecule has 0 amide bonds. The highest BCUT2D eigenvalue weighted by molar-refractivity contribution is 5.97. The van der Waals surface area contributed by atoms with E-state index in [1.54, 1.807) is 0 Å². The van der Waals surface area contributed by atoms with Gasteiger partial charge in [0.1, 0.15) is 0 Å². The van der Waals surface area contributed by atoms with Crippen molar-refractivity contribution < 1.29 is 9.53 Å². The Kier molecular flexibility index (Phi) is 2.69. The third kappa shape index (κ3) is 1.87. The van der Waals surface area contributed by atoms with Crippen LogP contribution in [-0.2, 0) is 11.3 Å². The van der Waals surface area contributed by atoms with Gasteiger partial charge >= 0.3 is 0 Å². The molecule has 1 aliphatic heterocycles.